The smallest absolute Gasteiger partial charge is 0.138 e. The number of fused-ring (bicyclic) bond motifs is 3. The molecule has 0 bridgehead atoms. The number of rotatable bonds is 6. The summed E-state index contributed by atoms with van der Waals surface area (Å²) < 4.78 is 0. The second kappa shape index (κ2) is 8.24. The van der Waals surface area contributed by atoms with E-state index in [0.29, 0.717) is 12.0 Å². The van der Waals surface area contributed by atoms with E-state index in [0.717, 1.165) is 30.7 Å². The molecule has 2 aromatic carbocycles. The van der Waals surface area contributed by atoms with E-state index in [-0.39, 0.29) is 0 Å². The van der Waals surface area contributed by atoms with Crippen molar-refractivity contribution in [1.29, 1.82) is 0 Å². The zero-order valence-corrected chi connectivity index (χ0v) is 18.0. The Labute approximate surface area is 187 Å². The maximum Gasteiger partial charge on any atom is 0.138 e. The van der Waals surface area contributed by atoms with E-state index < -0.39 is 0 Å². The van der Waals surface area contributed by atoms with E-state index in [1.807, 2.05) is 12.4 Å². The molecule has 1 aliphatic rings. The summed E-state index contributed by atoms with van der Waals surface area (Å²) in [6, 6.07) is 24.3. The molecule has 0 amide bonds. The van der Waals surface area contributed by atoms with Crippen LogP contribution in [0.2, 0.25) is 0 Å². The molecule has 0 spiro atoms. The molecule has 5 aromatic rings. The Hall–Kier alpha value is -3.44. The summed E-state index contributed by atoms with van der Waals surface area (Å²) in [4.78, 5) is 10.4. The zero-order chi connectivity index (χ0) is 21.3. The van der Waals surface area contributed by atoms with Crippen molar-refractivity contribution in [2.75, 3.05) is 0 Å². The number of hydrogen-bond donors (Lipinski definition) is 2. The van der Waals surface area contributed by atoms with E-state index in [2.05, 4.69) is 86.7 Å². The largest absolute Gasteiger partial charge is 0.346 e. The number of aromatic nitrogens is 4. The Morgan fingerprint density at radius 2 is 1.59 bits per heavy atom. The normalized spacial score (nSPS) is 18.8. The maximum atomic E-state index is 4.77. The number of benzene rings is 2. The Kier molecular flexibility index (Phi) is 4.96. The molecule has 160 valence electrons. The van der Waals surface area contributed by atoms with Crippen molar-refractivity contribution in [3.05, 3.63) is 95.9 Å². The summed E-state index contributed by atoms with van der Waals surface area (Å²) in [5, 5.41) is 10.4. The molecule has 2 N–H and O–H groups in total. The van der Waals surface area contributed by atoms with Gasteiger partial charge in [-0.2, -0.15) is 5.10 Å². The van der Waals surface area contributed by atoms with Crippen LogP contribution in [0.5, 0.6) is 0 Å². The van der Waals surface area contributed by atoms with Gasteiger partial charge in [0.1, 0.15) is 5.65 Å². The summed E-state index contributed by atoms with van der Waals surface area (Å²) in [7, 11) is 0. The van der Waals surface area contributed by atoms with Crippen molar-refractivity contribution in [3.8, 4) is 0 Å². The van der Waals surface area contributed by atoms with Crippen LogP contribution in [0, 0.1) is 0 Å². The number of nitrogens with one attached hydrogen (secondary N) is 2. The summed E-state index contributed by atoms with van der Waals surface area (Å²) in [6.07, 6.45) is 7.36. The van der Waals surface area contributed by atoms with Gasteiger partial charge in [0.05, 0.1) is 17.4 Å². The first kappa shape index (κ1) is 19.3. The van der Waals surface area contributed by atoms with Crippen molar-refractivity contribution >= 4 is 21.9 Å². The maximum absolute atomic E-state index is 4.77. The molecule has 5 heteroatoms. The molecule has 1 saturated carbocycles. The molecular weight excluding hydrogens is 394 g/mol. The van der Waals surface area contributed by atoms with Gasteiger partial charge >= 0.3 is 0 Å². The summed E-state index contributed by atoms with van der Waals surface area (Å²) >= 11 is 0. The van der Waals surface area contributed by atoms with E-state index in [1.165, 1.54) is 40.4 Å². The lowest BCUT2D eigenvalue weighted by atomic mass is 9.99. The average Bonchev–Trinajstić information content (AvgIpc) is 3.58. The molecule has 0 saturated heterocycles. The molecule has 1 unspecified atom stereocenters. The van der Waals surface area contributed by atoms with E-state index >= 15 is 0 Å². The van der Waals surface area contributed by atoms with Crippen LogP contribution in [0.1, 0.15) is 42.0 Å². The van der Waals surface area contributed by atoms with Crippen LogP contribution >= 0.6 is 0 Å². The van der Waals surface area contributed by atoms with E-state index in [4.69, 9.17) is 5.10 Å². The molecule has 3 heterocycles. The van der Waals surface area contributed by atoms with Crippen molar-refractivity contribution in [1.82, 2.24) is 25.1 Å². The summed E-state index contributed by atoms with van der Waals surface area (Å²) in [6.45, 7) is 1.95. The van der Waals surface area contributed by atoms with Crippen molar-refractivity contribution < 1.29 is 0 Å². The standard InChI is InChI=1S/C27H27N5/c1-3-7-19(8-4-1)17-32(18-20-9-5-2-6-10-20)22-12-11-21(15-22)26-25-23-13-14-28-27(23)29-16-24(25)30-31-26/h1-10,13-14,16,21-22H,11-12,15,17-18H2,(H,28,29)(H,30,31)/t21?,22-/m1/s1. The number of H-pyrrole nitrogens is 2. The van der Waals surface area contributed by atoms with Crippen LogP contribution in [0.25, 0.3) is 21.9 Å². The minimum absolute atomic E-state index is 0.461. The number of aromatic amines is 2. The fourth-order valence-electron chi connectivity index (χ4n) is 5.33. The minimum Gasteiger partial charge on any atom is -0.346 e. The molecule has 1 fully saturated rings. The highest BCUT2D eigenvalue weighted by Crippen LogP contribution is 2.41. The SMILES string of the molecule is c1ccc(CN(Cc2ccccc2)[C@@H]2CCC(c3n[nH]c4cnc5[nH]ccc5c34)C2)cc1. The third kappa shape index (κ3) is 3.59. The van der Waals surface area contributed by atoms with Gasteiger partial charge in [-0.25, -0.2) is 4.98 Å². The van der Waals surface area contributed by atoms with Crippen LogP contribution in [0.15, 0.2) is 79.1 Å². The van der Waals surface area contributed by atoms with Gasteiger partial charge in [0.2, 0.25) is 0 Å². The lowest BCUT2D eigenvalue weighted by Crippen LogP contribution is -2.32. The molecule has 3 aromatic heterocycles. The van der Waals surface area contributed by atoms with Gasteiger partial charge in [-0.05, 0) is 36.5 Å². The lowest BCUT2D eigenvalue weighted by molar-refractivity contribution is 0.179. The van der Waals surface area contributed by atoms with Crippen molar-refractivity contribution in [3.63, 3.8) is 0 Å². The third-order valence-electron chi connectivity index (χ3n) is 6.90. The van der Waals surface area contributed by atoms with Crippen LogP contribution in [0.3, 0.4) is 0 Å². The fourth-order valence-corrected chi connectivity index (χ4v) is 5.33. The lowest BCUT2D eigenvalue weighted by Gasteiger charge is -2.29. The summed E-state index contributed by atoms with van der Waals surface area (Å²) in [5.74, 6) is 0.461. The molecule has 2 atom stereocenters. The fraction of sp³-hybridized carbons (Fsp3) is 0.259. The van der Waals surface area contributed by atoms with Crippen LogP contribution in [0.4, 0.5) is 0 Å². The average molecular weight is 422 g/mol. The Morgan fingerprint density at radius 1 is 0.875 bits per heavy atom. The second-order valence-electron chi connectivity index (χ2n) is 8.94. The van der Waals surface area contributed by atoms with Gasteiger partial charge in [-0.1, -0.05) is 60.7 Å². The number of hydrogen-bond acceptors (Lipinski definition) is 3. The van der Waals surface area contributed by atoms with Crippen LogP contribution in [-0.4, -0.2) is 31.1 Å². The van der Waals surface area contributed by atoms with Crippen molar-refractivity contribution in [2.24, 2.45) is 0 Å². The molecule has 32 heavy (non-hydrogen) atoms. The first-order chi connectivity index (χ1) is 15.8. The van der Waals surface area contributed by atoms with Crippen LogP contribution in [-0.2, 0) is 13.1 Å². The Morgan fingerprint density at radius 3 is 2.31 bits per heavy atom. The van der Waals surface area contributed by atoms with Crippen molar-refractivity contribution in [2.45, 2.75) is 44.3 Å². The Bertz CT molecular complexity index is 1280. The highest BCUT2D eigenvalue weighted by Gasteiger charge is 2.33. The monoisotopic (exact) mass is 421 g/mol. The van der Waals surface area contributed by atoms with Gasteiger partial charge in [0.25, 0.3) is 0 Å². The molecule has 0 radical (unpaired) electrons. The zero-order valence-electron chi connectivity index (χ0n) is 18.0. The van der Waals surface area contributed by atoms with Crippen LogP contribution < -0.4 is 0 Å². The Balaban J connectivity index is 1.29. The first-order valence-corrected chi connectivity index (χ1v) is 11.5. The molecular formula is C27H27N5. The highest BCUT2D eigenvalue weighted by molar-refractivity contribution is 6.04. The van der Waals surface area contributed by atoms with Gasteiger partial charge in [-0.3, -0.25) is 10.00 Å². The predicted octanol–water partition coefficient (Wildman–Crippen LogP) is 5.78. The second-order valence-corrected chi connectivity index (χ2v) is 8.94. The minimum atomic E-state index is 0.461. The molecule has 0 aliphatic heterocycles. The topological polar surface area (TPSA) is 60.6 Å². The molecule has 1 aliphatic carbocycles. The number of nitrogens with zero attached hydrogens (tertiary/aromatic N) is 3. The molecule has 5 nitrogen and oxygen atoms in total. The quantitative estimate of drug-likeness (QED) is 0.365. The van der Waals surface area contributed by atoms with Gasteiger partial charge in [0.15, 0.2) is 0 Å². The third-order valence-corrected chi connectivity index (χ3v) is 6.90. The van der Waals surface area contributed by atoms with E-state index in [9.17, 15) is 0 Å². The summed E-state index contributed by atoms with van der Waals surface area (Å²) in [5.41, 5.74) is 5.91. The van der Waals surface area contributed by atoms with Gasteiger partial charge in [0, 0.05) is 42.0 Å². The highest BCUT2D eigenvalue weighted by atomic mass is 15.2. The first-order valence-electron chi connectivity index (χ1n) is 11.5. The number of pyridine rings is 1. The van der Waals surface area contributed by atoms with E-state index in [1.54, 1.807) is 0 Å². The molecule has 6 rings (SSSR count). The predicted molar refractivity (Wildman–Crippen MR) is 128 cm³/mol. The van der Waals surface area contributed by atoms with Gasteiger partial charge in [-0.15, -0.1) is 0 Å². The van der Waals surface area contributed by atoms with Gasteiger partial charge < -0.3 is 4.98 Å².